The predicted octanol–water partition coefficient (Wildman–Crippen LogP) is 6.70. The number of nitrogens with zero attached hydrogens (tertiary/aromatic N) is 22. The maximum Gasteiger partial charge on any atom is 0.261 e. The summed E-state index contributed by atoms with van der Waals surface area (Å²) < 4.78 is 13.2. The van der Waals surface area contributed by atoms with Gasteiger partial charge < -0.3 is 25.4 Å². The van der Waals surface area contributed by atoms with Crippen LogP contribution in [0.2, 0.25) is 0 Å². The second kappa shape index (κ2) is 41.9. The van der Waals surface area contributed by atoms with Gasteiger partial charge in [0.15, 0.2) is 38.2 Å². The zero-order valence-corrected chi connectivity index (χ0v) is 80.1. The van der Waals surface area contributed by atoms with Crippen molar-refractivity contribution in [2.75, 3.05) is 49.1 Å². The van der Waals surface area contributed by atoms with Crippen LogP contribution in [0, 0.1) is 56.3 Å². The molecule has 19 rings (SSSR count). The van der Waals surface area contributed by atoms with Gasteiger partial charge in [-0.2, -0.15) is 9.97 Å². The van der Waals surface area contributed by atoms with Gasteiger partial charge in [-0.25, -0.2) is 49.3 Å². The minimum Gasteiger partial charge on any atom is -0.315 e. The van der Waals surface area contributed by atoms with Crippen LogP contribution < -0.4 is 67.9 Å². The summed E-state index contributed by atoms with van der Waals surface area (Å²) in [5.74, 6) is 18.9. The summed E-state index contributed by atoms with van der Waals surface area (Å²) in [7, 11) is 4.79. The summed E-state index contributed by atoms with van der Waals surface area (Å²) in [6, 6.07) is 36.5. The van der Waals surface area contributed by atoms with E-state index in [-0.39, 0.29) is 107 Å². The van der Waals surface area contributed by atoms with E-state index < -0.39 is 33.7 Å². The second-order valence-electron chi connectivity index (χ2n) is 31.4. The van der Waals surface area contributed by atoms with Crippen molar-refractivity contribution in [3.05, 3.63) is 245 Å². The van der Waals surface area contributed by atoms with E-state index in [0.717, 1.165) is 97.7 Å². The zero-order chi connectivity index (χ0) is 91.3. The Balaban J connectivity index is 0.000000153. The molecule has 38 heteroatoms. The molecule has 3 saturated heterocycles. The van der Waals surface area contributed by atoms with Crippen LogP contribution >= 0.6 is 53.2 Å². The molecule has 0 saturated carbocycles. The maximum absolute atomic E-state index is 14.1. The average molecular weight is 2170 g/mol. The van der Waals surface area contributed by atoms with E-state index in [1.807, 2.05) is 98.5 Å². The number of aryl methyl sites for hydroxylation is 6. The van der Waals surface area contributed by atoms with Gasteiger partial charge in [-0.3, -0.25) is 79.9 Å². The topological polar surface area (TPSA) is 382 Å². The number of amides is 4. The van der Waals surface area contributed by atoms with Crippen molar-refractivity contribution in [1.82, 2.24) is 101 Å². The quantitative estimate of drug-likeness (QED) is 0.0525. The molecular weight excluding hydrogens is 2070 g/mol. The van der Waals surface area contributed by atoms with E-state index in [1.165, 1.54) is 28.1 Å². The molecule has 3 N–H and O–H groups in total. The largest absolute Gasteiger partial charge is 0.315 e. The number of halogens is 4. The van der Waals surface area contributed by atoms with Gasteiger partial charge >= 0.3 is 67.6 Å². The molecule has 5 aliphatic rings. The summed E-state index contributed by atoms with van der Waals surface area (Å²) >= 11 is 8.66. The minimum atomic E-state index is -0.540. The fourth-order valence-corrected chi connectivity index (χ4v) is 17.5. The predicted molar refractivity (Wildman–Crippen MR) is 522 cm³/mol. The molecule has 4 amide bonds. The van der Waals surface area contributed by atoms with E-state index in [0.29, 0.717) is 131 Å². The molecule has 0 aliphatic carbocycles. The fourth-order valence-electron chi connectivity index (χ4n) is 17.1. The van der Waals surface area contributed by atoms with Gasteiger partial charge in [-0.05, 0) is 145 Å². The number of fused-ring (bicyclic) bond motifs is 8. The number of carbonyl (C=O) groups excluding carboxylic acids is 4. The molecule has 0 bridgehead atoms. The van der Waals surface area contributed by atoms with Crippen LogP contribution in [-0.2, 0) is 60.4 Å². The molecular formula is C93H97BrI3N24O10-. The van der Waals surface area contributed by atoms with Crippen LogP contribution in [0.1, 0.15) is 150 Å². The number of hydrogen-bond donors (Lipinski definition) is 2. The molecule has 14 aromatic rings. The van der Waals surface area contributed by atoms with Crippen molar-refractivity contribution >= 4 is 155 Å². The van der Waals surface area contributed by atoms with Gasteiger partial charge in [-0.1, -0.05) is 111 Å². The van der Waals surface area contributed by atoms with Crippen molar-refractivity contribution in [3.8, 4) is 35.5 Å². The van der Waals surface area contributed by atoms with Crippen LogP contribution in [0.25, 0.3) is 66.2 Å². The standard InChI is InChI=1S/C33H30N8O4.C25H28N8O2.C20H17BrN6O2.C13H14N2O2.2CH4.I3/c1-4-5-17-39-27-28(37(3)33(45)40(31(27)44)19-26-34-20(2)22-12-8-9-15-25(22)35-26)36-32(39)38-16-10-11-21(18-38)41-29(42)23-13-6-7-14-24(23)30(41)43;1-4-5-13-32-21-22(29-24(32)31-12-8-9-17(26)14-31)30(3)25(35)33(23(21)34)15-20-27-16(2)18-10-6-7-11-19(18)28-20;1-4-5-10-26-16-17(24-19(26)21)25(3)20(29)27(18(16)28)11-15-22-12(2)13-8-6-7-9-14(13)23-15;16-12-10-5-1-2-6-11(10)13(17)15(12)9-4-3-7-14-8-9;;;1-3-2/h6-9,12-15,21H,10-11,16-19H2,1-3H3;6-7,10-11,17H,8-9,12-15,26H2,1-3H3;6-9H,10-11H2,1-3H3;1-2,5-6,9,14H,3-4,7-8H2;2*1H4;/q;;;;;;-1/t21-;17-;;9-;;;/m11.1.../s1. The third-order valence-corrected chi connectivity index (χ3v) is 23.9. The van der Waals surface area contributed by atoms with Crippen molar-refractivity contribution in [2.45, 2.75) is 152 Å². The Kier molecular flexibility index (Phi) is 30.8. The molecule has 5 aromatic carbocycles. The van der Waals surface area contributed by atoms with Gasteiger partial charge in [0, 0.05) is 93.1 Å². The number of benzene rings is 5. The number of aromatic nitrogens is 18. The second-order valence-corrected chi connectivity index (χ2v) is 48.3. The Morgan fingerprint density at radius 3 is 1.12 bits per heavy atom. The first-order valence-corrected chi connectivity index (χ1v) is 55.0. The molecule has 9 aromatic heterocycles. The van der Waals surface area contributed by atoms with Crippen molar-refractivity contribution in [1.29, 1.82) is 0 Å². The molecule has 0 radical (unpaired) electrons. The SMILES string of the molecule is C.C.CC#CCn1c(Br)nc2c1c(=O)n(Cc1nc(C)c3ccccc3n1)c(=O)n2C.CC#CCn1c(N2CCC[C@@H](N)C2)nc2c1c(=O)n(Cc1nc(C)c3ccccc3n1)c(=O)n2C.CC#CCn1c(N2CCC[C@@H](N3C(=O)c4ccccc4C3=O)C2)nc2c1c(=O)n(Cc1nc(C)c3ccccc3n1)c(=O)n2C.I[I-]I.O=C1c2ccccc2C(=O)N1[C@@H]1CCCNC1. The smallest absolute Gasteiger partial charge is 0.261 e. The summed E-state index contributed by atoms with van der Waals surface area (Å²) in [5.41, 5.74) is 11.6. The van der Waals surface area contributed by atoms with Crippen molar-refractivity contribution in [2.24, 2.45) is 26.9 Å². The number of para-hydroxylation sites is 3. The number of imidazole rings is 3. The van der Waals surface area contributed by atoms with E-state index >= 15 is 0 Å². The van der Waals surface area contributed by atoms with Crippen LogP contribution in [0.3, 0.4) is 0 Å². The number of piperidine rings is 3. The Morgan fingerprint density at radius 2 is 0.756 bits per heavy atom. The van der Waals surface area contributed by atoms with Crippen molar-refractivity contribution < 1.29 is 32.4 Å². The summed E-state index contributed by atoms with van der Waals surface area (Å²) in [6.45, 7) is 15.4. The van der Waals surface area contributed by atoms with Gasteiger partial charge in [0.2, 0.25) is 11.9 Å². The number of hydrogen-bond acceptors (Lipinski definition) is 23. The van der Waals surface area contributed by atoms with Gasteiger partial charge in [0.1, 0.15) is 17.5 Å². The molecule has 5 aliphatic heterocycles. The fraction of sp³-hybridized carbons (Fsp3) is 0.344. The molecule has 3 atom stereocenters. The van der Waals surface area contributed by atoms with Gasteiger partial charge in [0.05, 0.1) is 90.2 Å². The van der Waals surface area contributed by atoms with Gasteiger partial charge in [-0.15, -0.1) is 17.8 Å². The average Bonchev–Trinajstić information content (AvgIpc) is 1.59. The van der Waals surface area contributed by atoms with Crippen LogP contribution in [0.4, 0.5) is 11.9 Å². The van der Waals surface area contributed by atoms with Crippen LogP contribution in [0.5, 0.6) is 0 Å². The number of nitrogens with two attached hydrogens (primary N) is 1. The molecule has 3 fully saturated rings. The van der Waals surface area contributed by atoms with E-state index in [4.69, 9.17) is 15.7 Å². The van der Waals surface area contributed by atoms with Crippen molar-refractivity contribution in [3.63, 3.8) is 0 Å². The molecule has 14 heterocycles. The first kappa shape index (κ1) is 96.3. The van der Waals surface area contributed by atoms with Crippen LogP contribution in [-0.4, -0.2) is 177 Å². The monoisotopic (exact) mass is 2170 g/mol. The summed E-state index contributed by atoms with van der Waals surface area (Å²) in [4.78, 5) is 180. The Bertz CT molecular complexity index is 7400. The number of imide groups is 2. The molecule has 0 spiro atoms. The minimum absolute atomic E-state index is 0. The van der Waals surface area contributed by atoms with E-state index in [9.17, 15) is 47.9 Å². The van der Waals surface area contributed by atoms with Crippen LogP contribution in [0.15, 0.2) is 155 Å². The number of rotatable bonds is 13. The van der Waals surface area contributed by atoms with E-state index in [1.54, 1.807) is 104 Å². The molecule has 0 unspecified atom stereocenters. The Hall–Kier alpha value is -12.3. The van der Waals surface area contributed by atoms with E-state index in [2.05, 4.69) is 134 Å². The molecule has 34 nitrogen and oxygen atoms in total. The third kappa shape index (κ3) is 19.2. The first-order chi connectivity index (χ1) is 62.3. The Labute approximate surface area is 790 Å². The first-order valence-electron chi connectivity index (χ1n) is 41.7. The Morgan fingerprint density at radius 1 is 0.427 bits per heavy atom. The number of nitrogens with one attached hydrogen (secondary N) is 1. The zero-order valence-electron chi connectivity index (χ0n) is 72.0. The molecule has 678 valence electrons. The molecule has 131 heavy (non-hydrogen) atoms. The van der Waals surface area contributed by atoms with Gasteiger partial charge in [0.25, 0.3) is 40.3 Å². The normalized spacial score (nSPS) is 15.6. The maximum atomic E-state index is 14.1. The summed E-state index contributed by atoms with van der Waals surface area (Å²) in [5, 5.41) is 6.01. The third-order valence-electron chi connectivity index (χ3n) is 23.3. The summed E-state index contributed by atoms with van der Waals surface area (Å²) in [6.07, 6.45) is 5.14. The number of carbonyl (C=O) groups is 4. The number of anilines is 2.